The van der Waals surface area contributed by atoms with Gasteiger partial charge in [0.2, 0.25) is 0 Å². The van der Waals surface area contributed by atoms with E-state index in [-0.39, 0.29) is 0 Å². The lowest BCUT2D eigenvalue weighted by molar-refractivity contribution is 0.340. The largest absolute Gasteiger partial charge is 0.353 e. The van der Waals surface area contributed by atoms with E-state index in [1.807, 2.05) is 6.92 Å². The quantitative estimate of drug-likeness (QED) is 0.860. The molecule has 0 aliphatic carbocycles. The first-order valence-corrected chi connectivity index (χ1v) is 7.53. The zero-order valence-corrected chi connectivity index (χ0v) is 11.8. The zero-order valence-electron chi connectivity index (χ0n) is 11.8. The van der Waals surface area contributed by atoms with Crippen LogP contribution in [-0.2, 0) is 0 Å². The van der Waals surface area contributed by atoms with Gasteiger partial charge in [-0.1, -0.05) is 24.3 Å². The van der Waals surface area contributed by atoms with Gasteiger partial charge in [-0.15, -0.1) is 5.10 Å². The second-order valence-corrected chi connectivity index (χ2v) is 6.02. The molecule has 4 rings (SSSR count). The average Bonchev–Trinajstić information content (AvgIpc) is 2.91. The van der Waals surface area contributed by atoms with Crippen molar-refractivity contribution in [3.05, 3.63) is 30.0 Å². The van der Waals surface area contributed by atoms with Crippen LogP contribution in [0.4, 0.5) is 5.82 Å². The Morgan fingerprint density at radius 2 is 2.00 bits per heavy atom. The highest BCUT2D eigenvalue weighted by atomic mass is 15.3. The molecule has 2 fully saturated rings. The summed E-state index contributed by atoms with van der Waals surface area (Å²) >= 11 is 0. The summed E-state index contributed by atoms with van der Waals surface area (Å²) in [6.45, 7) is 5.37. The van der Waals surface area contributed by atoms with Crippen LogP contribution in [0.1, 0.15) is 18.5 Å². The first kappa shape index (κ1) is 12.1. The molecule has 2 aromatic rings. The first-order valence-electron chi connectivity index (χ1n) is 7.53. The summed E-state index contributed by atoms with van der Waals surface area (Å²) in [5, 5.41) is 15.0. The Morgan fingerprint density at radius 1 is 1.15 bits per heavy atom. The molecular formula is C16H20N4. The average molecular weight is 268 g/mol. The molecule has 0 saturated carbocycles. The fourth-order valence-electron chi connectivity index (χ4n) is 3.68. The van der Waals surface area contributed by atoms with Crippen molar-refractivity contribution in [1.82, 2.24) is 15.5 Å². The maximum atomic E-state index is 4.49. The lowest BCUT2D eigenvalue weighted by atomic mass is 9.94. The Labute approximate surface area is 119 Å². The number of nitrogens with zero attached hydrogens (tertiary/aromatic N) is 3. The maximum Gasteiger partial charge on any atom is 0.159 e. The second-order valence-electron chi connectivity index (χ2n) is 6.02. The highest BCUT2D eigenvalue weighted by Crippen LogP contribution is 2.32. The van der Waals surface area contributed by atoms with Gasteiger partial charge in [0.25, 0.3) is 0 Å². The normalized spacial score (nSPS) is 25.9. The minimum absolute atomic E-state index is 0.630. The lowest BCUT2D eigenvalue weighted by Gasteiger charge is -2.24. The topological polar surface area (TPSA) is 41.1 Å². The van der Waals surface area contributed by atoms with Crippen molar-refractivity contribution in [1.29, 1.82) is 0 Å². The molecule has 1 aromatic carbocycles. The number of aromatic nitrogens is 2. The summed E-state index contributed by atoms with van der Waals surface area (Å²) in [4.78, 5) is 2.42. The van der Waals surface area contributed by atoms with Gasteiger partial charge in [-0.3, -0.25) is 0 Å². The van der Waals surface area contributed by atoms with Gasteiger partial charge in [0.15, 0.2) is 5.82 Å². The molecule has 0 radical (unpaired) electrons. The number of hydrogen-bond donors (Lipinski definition) is 1. The minimum atomic E-state index is 0.630. The molecular weight excluding hydrogens is 248 g/mol. The van der Waals surface area contributed by atoms with E-state index in [2.05, 4.69) is 44.7 Å². The molecule has 2 aliphatic rings. The van der Waals surface area contributed by atoms with Crippen LogP contribution in [0.15, 0.2) is 24.3 Å². The molecule has 4 heteroatoms. The van der Waals surface area contributed by atoms with Crippen LogP contribution in [0.25, 0.3) is 10.8 Å². The molecule has 104 valence electrons. The molecule has 1 N–H and O–H groups in total. The molecule has 0 spiro atoms. The van der Waals surface area contributed by atoms with Gasteiger partial charge in [0.1, 0.15) is 0 Å². The third-order valence-corrected chi connectivity index (χ3v) is 4.75. The molecule has 2 saturated heterocycles. The standard InChI is InChI=1S/C16H20N4/c1-11-13-6-2-3-7-14(13)16(19-18-11)20-9-12-5-4-8-17-15(12)10-20/h2-3,6-7,12,15,17H,4-5,8-10H2,1H3. The predicted molar refractivity (Wildman–Crippen MR) is 81.0 cm³/mol. The molecule has 20 heavy (non-hydrogen) atoms. The van der Waals surface area contributed by atoms with E-state index >= 15 is 0 Å². The molecule has 0 amide bonds. The van der Waals surface area contributed by atoms with Gasteiger partial charge in [-0.2, -0.15) is 5.10 Å². The van der Waals surface area contributed by atoms with Gasteiger partial charge in [-0.05, 0) is 32.2 Å². The van der Waals surface area contributed by atoms with Gasteiger partial charge >= 0.3 is 0 Å². The van der Waals surface area contributed by atoms with Gasteiger partial charge < -0.3 is 10.2 Å². The zero-order chi connectivity index (χ0) is 13.5. The number of anilines is 1. The highest BCUT2D eigenvalue weighted by molar-refractivity contribution is 5.93. The number of fused-ring (bicyclic) bond motifs is 2. The molecule has 3 heterocycles. The number of piperidine rings is 1. The smallest absolute Gasteiger partial charge is 0.159 e. The van der Waals surface area contributed by atoms with Crippen LogP contribution in [0.2, 0.25) is 0 Å². The van der Waals surface area contributed by atoms with Gasteiger partial charge in [0.05, 0.1) is 5.69 Å². The van der Waals surface area contributed by atoms with Crippen molar-refractivity contribution in [3.63, 3.8) is 0 Å². The van der Waals surface area contributed by atoms with E-state index in [1.54, 1.807) is 0 Å². The van der Waals surface area contributed by atoms with E-state index in [4.69, 9.17) is 0 Å². The summed E-state index contributed by atoms with van der Waals surface area (Å²) in [5.74, 6) is 1.83. The van der Waals surface area contributed by atoms with Crippen molar-refractivity contribution in [3.8, 4) is 0 Å². The fraction of sp³-hybridized carbons (Fsp3) is 0.500. The van der Waals surface area contributed by atoms with E-state index in [9.17, 15) is 0 Å². The Kier molecular flexibility index (Phi) is 2.84. The van der Waals surface area contributed by atoms with E-state index in [0.29, 0.717) is 6.04 Å². The molecule has 0 bridgehead atoms. The van der Waals surface area contributed by atoms with Crippen molar-refractivity contribution in [2.24, 2.45) is 5.92 Å². The number of benzene rings is 1. The third-order valence-electron chi connectivity index (χ3n) is 4.75. The maximum absolute atomic E-state index is 4.49. The SMILES string of the molecule is Cc1nnc(N2CC3CCCNC3C2)c2ccccc12. The fourth-order valence-corrected chi connectivity index (χ4v) is 3.68. The van der Waals surface area contributed by atoms with E-state index in [0.717, 1.165) is 37.1 Å². The molecule has 1 aromatic heterocycles. The lowest BCUT2D eigenvalue weighted by Crippen LogP contribution is -2.40. The Hall–Kier alpha value is -1.68. The molecule has 2 unspecified atom stereocenters. The summed E-state index contributed by atoms with van der Waals surface area (Å²) in [6.07, 6.45) is 2.64. The van der Waals surface area contributed by atoms with Gasteiger partial charge in [0, 0.05) is 29.9 Å². The number of hydrogen-bond acceptors (Lipinski definition) is 4. The second kappa shape index (κ2) is 4.70. The van der Waals surface area contributed by atoms with Crippen molar-refractivity contribution < 1.29 is 0 Å². The number of aryl methyl sites for hydroxylation is 1. The van der Waals surface area contributed by atoms with Crippen LogP contribution in [0.5, 0.6) is 0 Å². The minimum Gasteiger partial charge on any atom is -0.353 e. The first-order chi connectivity index (χ1) is 9.83. The summed E-state index contributed by atoms with van der Waals surface area (Å²) < 4.78 is 0. The monoisotopic (exact) mass is 268 g/mol. The van der Waals surface area contributed by atoms with Crippen LogP contribution in [0.3, 0.4) is 0 Å². The summed E-state index contributed by atoms with van der Waals surface area (Å²) in [5.41, 5.74) is 1.01. The molecule has 2 atom stereocenters. The van der Waals surface area contributed by atoms with Crippen LogP contribution in [0, 0.1) is 12.8 Å². The van der Waals surface area contributed by atoms with Crippen LogP contribution >= 0.6 is 0 Å². The highest BCUT2D eigenvalue weighted by Gasteiger charge is 2.35. The van der Waals surface area contributed by atoms with E-state index in [1.165, 1.54) is 23.6 Å². The molecule has 4 nitrogen and oxygen atoms in total. The van der Waals surface area contributed by atoms with Gasteiger partial charge in [-0.25, -0.2) is 0 Å². The predicted octanol–water partition coefficient (Wildman–Crippen LogP) is 2.13. The number of rotatable bonds is 1. The van der Waals surface area contributed by atoms with Crippen molar-refractivity contribution >= 4 is 16.6 Å². The van der Waals surface area contributed by atoms with Crippen molar-refractivity contribution in [2.45, 2.75) is 25.8 Å². The van der Waals surface area contributed by atoms with Crippen LogP contribution in [-0.4, -0.2) is 35.9 Å². The number of nitrogens with one attached hydrogen (secondary N) is 1. The third kappa shape index (κ3) is 1.86. The summed E-state index contributed by atoms with van der Waals surface area (Å²) in [6, 6.07) is 9.11. The molecule has 2 aliphatic heterocycles. The van der Waals surface area contributed by atoms with Crippen LogP contribution < -0.4 is 10.2 Å². The van der Waals surface area contributed by atoms with Crippen molar-refractivity contribution in [2.75, 3.05) is 24.5 Å². The summed E-state index contributed by atoms with van der Waals surface area (Å²) in [7, 11) is 0. The Bertz CT molecular complexity index is 625. The van der Waals surface area contributed by atoms with E-state index < -0.39 is 0 Å². The Morgan fingerprint density at radius 3 is 2.85 bits per heavy atom. The Balaban J connectivity index is 1.74.